The minimum absolute atomic E-state index is 0.0149. The molecule has 5 rings (SSSR count). The summed E-state index contributed by atoms with van der Waals surface area (Å²) < 4.78 is 28.5. The maximum atomic E-state index is 11.9. The number of aliphatic hydroxyl groups excluding tert-OH is 1. The summed E-state index contributed by atoms with van der Waals surface area (Å²) in [5.74, 6) is 0.657. The van der Waals surface area contributed by atoms with Gasteiger partial charge in [-0.2, -0.15) is 0 Å². The number of fused-ring (bicyclic) bond motifs is 2. The van der Waals surface area contributed by atoms with Crippen LogP contribution in [-0.2, 0) is 24.4 Å². The highest BCUT2D eigenvalue weighted by molar-refractivity contribution is 6.83. The number of anilines is 1. The Bertz CT molecular complexity index is 1440. The van der Waals surface area contributed by atoms with Crippen LogP contribution in [0.2, 0.25) is 22.2 Å². The molecule has 5 atom stereocenters. The van der Waals surface area contributed by atoms with E-state index in [9.17, 15) is 9.90 Å². The van der Waals surface area contributed by atoms with E-state index in [0.717, 1.165) is 12.8 Å². The number of imidazole rings is 1. The van der Waals surface area contributed by atoms with Crippen LogP contribution in [0.15, 0.2) is 36.9 Å². The normalized spacial score (nSPS) is 24.1. The van der Waals surface area contributed by atoms with Crippen LogP contribution in [0.1, 0.15) is 85.2 Å². The molecule has 1 fully saturated rings. The molecule has 0 amide bonds. The molecule has 3 heterocycles. The van der Waals surface area contributed by atoms with Gasteiger partial charge in [-0.25, -0.2) is 15.0 Å². The van der Waals surface area contributed by atoms with Gasteiger partial charge in [-0.15, -0.1) is 0 Å². The minimum Gasteiger partial charge on any atom is -0.414 e. The van der Waals surface area contributed by atoms with E-state index in [1.807, 2.05) is 32.3 Å². The lowest BCUT2D eigenvalue weighted by atomic mass is 10.1. The summed E-state index contributed by atoms with van der Waals surface area (Å²) in [4.78, 5) is 25.8. The maximum Gasteiger partial charge on any atom is 0.335 e. The average molecular weight is 658 g/mol. The molecule has 1 aliphatic carbocycles. The van der Waals surface area contributed by atoms with Crippen molar-refractivity contribution in [2.24, 2.45) is 0 Å². The first kappa shape index (κ1) is 34.1. The van der Waals surface area contributed by atoms with Crippen molar-refractivity contribution < 1.29 is 27.9 Å². The molecular formula is C32H51N5O6Si2. The number of aromatic nitrogens is 4. The van der Waals surface area contributed by atoms with Gasteiger partial charge in [0, 0.05) is 7.11 Å². The van der Waals surface area contributed by atoms with Crippen LogP contribution in [0.5, 0.6) is 0 Å². The van der Waals surface area contributed by atoms with Gasteiger partial charge in [0.1, 0.15) is 24.6 Å². The second kappa shape index (κ2) is 13.5. The molecule has 2 aromatic heterocycles. The zero-order chi connectivity index (χ0) is 32.7. The van der Waals surface area contributed by atoms with Crippen LogP contribution in [0.25, 0.3) is 11.2 Å². The van der Waals surface area contributed by atoms with Crippen LogP contribution in [0.4, 0.5) is 5.82 Å². The fourth-order valence-corrected chi connectivity index (χ4v) is 17.0. The van der Waals surface area contributed by atoms with Crippen molar-refractivity contribution in [1.82, 2.24) is 19.5 Å². The number of aryl methyl sites for hydroxylation is 1. The molecule has 13 heteroatoms. The fraction of sp³-hybridized carbons (Fsp3) is 0.656. The smallest absolute Gasteiger partial charge is 0.335 e. The Balaban J connectivity index is 1.47. The van der Waals surface area contributed by atoms with Crippen LogP contribution in [-0.4, -0.2) is 78.6 Å². The van der Waals surface area contributed by atoms with Gasteiger partial charge in [-0.3, -0.25) is 4.57 Å². The van der Waals surface area contributed by atoms with E-state index in [-0.39, 0.29) is 34.8 Å². The van der Waals surface area contributed by atoms with Crippen molar-refractivity contribution in [2.45, 2.75) is 121 Å². The molecule has 3 N–H and O–H groups in total. The zero-order valence-corrected chi connectivity index (χ0v) is 30.1. The number of aliphatic hydroxyl groups is 1. The van der Waals surface area contributed by atoms with Gasteiger partial charge in [-0.1, -0.05) is 79.7 Å². The van der Waals surface area contributed by atoms with E-state index in [1.165, 1.54) is 17.5 Å². The number of methoxy groups -OCH3 is 1. The molecule has 3 aromatic rings. The molecule has 1 aromatic carbocycles. The van der Waals surface area contributed by atoms with Crippen LogP contribution in [0.3, 0.4) is 0 Å². The Morgan fingerprint density at radius 3 is 2.29 bits per heavy atom. The number of nitrogens with zero attached hydrogens (tertiary/aromatic N) is 4. The van der Waals surface area contributed by atoms with Crippen LogP contribution in [0, 0.1) is 0 Å². The molecule has 1 aliphatic heterocycles. The summed E-state index contributed by atoms with van der Waals surface area (Å²) in [6.07, 6.45) is 2.61. The number of nitrogens with one attached hydrogen (secondary N) is 1. The third-order valence-electron chi connectivity index (χ3n) is 9.72. The molecule has 0 unspecified atom stereocenters. The van der Waals surface area contributed by atoms with Gasteiger partial charge in [0.25, 0.3) is 0 Å². The molecule has 0 spiro atoms. The maximum absolute atomic E-state index is 11.9. The fourth-order valence-electron chi connectivity index (χ4n) is 7.06. The SMILES string of the molecule is CO[C@H]1[C@H](O[Si](O[Si](O)(C(C)C)C(C)C)(C(C)C)C(C)C)[C@@H](CO)O[C@H]1n1cnc2c(N[C@H]3CCc4ccccc43)ncnc21. The van der Waals surface area contributed by atoms with Gasteiger partial charge < -0.3 is 33.2 Å². The predicted octanol–water partition coefficient (Wildman–Crippen LogP) is 5.75. The van der Waals surface area contributed by atoms with E-state index in [1.54, 1.807) is 13.4 Å². The largest absolute Gasteiger partial charge is 0.414 e. The van der Waals surface area contributed by atoms with Gasteiger partial charge in [0.15, 0.2) is 23.2 Å². The van der Waals surface area contributed by atoms with E-state index in [2.05, 4.69) is 67.2 Å². The molecule has 248 valence electrons. The third-order valence-corrected chi connectivity index (χ3v) is 19.5. The number of hydrogen-bond acceptors (Lipinski definition) is 10. The Morgan fingerprint density at radius 1 is 0.978 bits per heavy atom. The van der Waals surface area contributed by atoms with Crippen molar-refractivity contribution in [1.29, 1.82) is 0 Å². The second-order valence-corrected chi connectivity index (χ2v) is 22.3. The first-order valence-electron chi connectivity index (χ1n) is 16.3. The quantitative estimate of drug-likeness (QED) is 0.195. The summed E-state index contributed by atoms with van der Waals surface area (Å²) in [6.45, 7) is 16.2. The molecule has 2 aliphatic rings. The molecular weight excluding hydrogens is 607 g/mol. The molecule has 0 bridgehead atoms. The standard InChI is InChI=1S/C32H51N5O6Si2/c1-19(2)44(39,20(3)4)43-45(21(5)6,22(7)8)42-28-26(16-38)41-32(29(28)40-9)37-18-35-27-30(33-17-34-31(27)37)36-25-15-14-23-12-10-11-13-24(23)25/h10-13,17-22,25-26,28-29,32,38-39H,14-16H2,1-9H3,(H,33,34,36)/t25-,26+,28+,29-,32+/m0/s1. The van der Waals surface area contributed by atoms with Crippen molar-refractivity contribution in [3.05, 3.63) is 48.0 Å². The first-order valence-corrected chi connectivity index (χ1v) is 20.3. The van der Waals surface area contributed by atoms with Gasteiger partial charge in [0.2, 0.25) is 0 Å². The van der Waals surface area contributed by atoms with Crippen molar-refractivity contribution in [3.63, 3.8) is 0 Å². The van der Waals surface area contributed by atoms with E-state index < -0.39 is 41.7 Å². The van der Waals surface area contributed by atoms with Crippen LogP contribution < -0.4 is 5.32 Å². The lowest BCUT2D eigenvalue weighted by molar-refractivity contribution is -0.0583. The van der Waals surface area contributed by atoms with Crippen LogP contribution >= 0.6 is 0 Å². The zero-order valence-electron chi connectivity index (χ0n) is 28.1. The number of hydrogen-bond donors (Lipinski definition) is 3. The van der Waals surface area contributed by atoms with Gasteiger partial charge in [-0.05, 0) is 46.1 Å². The number of ether oxygens (including phenoxy) is 2. The highest BCUT2D eigenvalue weighted by atomic mass is 28.5. The summed E-state index contributed by atoms with van der Waals surface area (Å²) in [5, 5.41) is 14.2. The Kier molecular flexibility index (Phi) is 10.2. The number of benzene rings is 1. The van der Waals surface area contributed by atoms with E-state index in [0.29, 0.717) is 17.0 Å². The first-order chi connectivity index (χ1) is 21.4. The van der Waals surface area contributed by atoms with Crippen molar-refractivity contribution >= 4 is 34.1 Å². The number of rotatable bonds is 13. The molecule has 45 heavy (non-hydrogen) atoms. The Labute approximate surface area is 269 Å². The molecule has 1 saturated heterocycles. The highest BCUT2D eigenvalue weighted by Crippen LogP contribution is 2.46. The summed E-state index contributed by atoms with van der Waals surface area (Å²) in [6, 6.07) is 8.62. The highest BCUT2D eigenvalue weighted by Gasteiger charge is 2.59. The Hall–Kier alpha value is -2.24. The average Bonchev–Trinajstić information content (AvgIpc) is 3.71. The lowest BCUT2D eigenvalue weighted by Crippen LogP contribution is -2.62. The van der Waals surface area contributed by atoms with Gasteiger partial charge in [0.05, 0.1) is 19.0 Å². The summed E-state index contributed by atoms with van der Waals surface area (Å²) in [5.41, 5.74) is 3.84. The molecule has 0 radical (unpaired) electrons. The third kappa shape index (κ3) is 6.13. The van der Waals surface area contributed by atoms with Crippen molar-refractivity contribution in [2.75, 3.05) is 19.0 Å². The topological polar surface area (TPSA) is 133 Å². The minimum atomic E-state index is -3.20. The predicted molar refractivity (Wildman–Crippen MR) is 178 cm³/mol. The van der Waals surface area contributed by atoms with E-state index in [4.69, 9.17) is 23.0 Å². The second-order valence-electron chi connectivity index (χ2n) is 13.7. The van der Waals surface area contributed by atoms with E-state index >= 15 is 0 Å². The summed E-state index contributed by atoms with van der Waals surface area (Å²) >= 11 is 0. The monoisotopic (exact) mass is 657 g/mol. The molecule has 11 nitrogen and oxygen atoms in total. The summed E-state index contributed by atoms with van der Waals surface area (Å²) in [7, 11) is -4.71. The van der Waals surface area contributed by atoms with Crippen molar-refractivity contribution in [3.8, 4) is 0 Å². The Morgan fingerprint density at radius 2 is 1.67 bits per heavy atom. The lowest BCUT2D eigenvalue weighted by Gasteiger charge is -2.47. The van der Waals surface area contributed by atoms with Gasteiger partial charge >= 0.3 is 17.1 Å². The molecule has 0 saturated carbocycles.